The maximum atomic E-state index is 12.7. The second kappa shape index (κ2) is 38.1. The number of hydrogen-bond acceptors (Lipinski definition) is 6. The molecule has 0 heterocycles. The van der Waals surface area contributed by atoms with Gasteiger partial charge in [-0.15, -0.1) is 0 Å². The SMILES string of the molecule is CCCCCCCCCCCCC(=O)O[C@H](COC(=O)CCCCCCCCCCC(C)C)COC(=O)CCCCCCCCCCC(C)CC. The van der Waals surface area contributed by atoms with Crippen molar-refractivity contribution in [2.75, 3.05) is 13.2 Å². The Hall–Kier alpha value is -1.59. The molecule has 0 N–H and O–H groups in total. The number of rotatable bonds is 39. The summed E-state index contributed by atoms with van der Waals surface area (Å²) in [6, 6.07) is 0. The average molecular weight is 723 g/mol. The van der Waals surface area contributed by atoms with Gasteiger partial charge in [0, 0.05) is 19.3 Å². The molecule has 0 bridgehead atoms. The van der Waals surface area contributed by atoms with Crippen LogP contribution in [0.4, 0.5) is 0 Å². The minimum absolute atomic E-state index is 0.0658. The molecule has 0 aliphatic rings. The molecule has 51 heavy (non-hydrogen) atoms. The Morgan fingerprint density at radius 2 is 0.745 bits per heavy atom. The predicted molar refractivity (Wildman–Crippen MR) is 215 cm³/mol. The zero-order chi connectivity index (χ0) is 37.6. The topological polar surface area (TPSA) is 78.9 Å². The summed E-state index contributed by atoms with van der Waals surface area (Å²) in [6.45, 7) is 11.3. The molecular formula is C45H86O6. The number of carbonyl (C=O) groups is 3. The summed E-state index contributed by atoms with van der Waals surface area (Å²) < 4.78 is 16.7. The van der Waals surface area contributed by atoms with E-state index in [1.807, 2.05) is 0 Å². The Morgan fingerprint density at radius 3 is 1.12 bits per heavy atom. The molecule has 6 heteroatoms. The lowest BCUT2D eigenvalue weighted by Crippen LogP contribution is -2.30. The third kappa shape index (κ3) is 38.0. The van der Waals surface area contributed by atoms with Crippen LogP contribution < -0.4 is 0 Å². The van der Waals surface area contributed by atoms with Gasteiger partial charge >= 0.3 is 17.9 Å². The highest BCUT2D eigenvalue weighted by atomic mass is 16.6. The molecule has 2 atom stereocenters. The molecule has 0 saturated heterocycles. The van der Waals surface area contributed by atoms with E-state index in [4.69, 9.17) is 14.2 Å². The van der Waals surface area contributed by atoms with Crippen molar-refractivity contribution in [3.05, 3.63) is 0 Å². The van der Waals surface area contributed by atoms with Gasteiger partial charge in [-0.05, 0) is 31.1 Å². The van der Waals surface area contributed by atoms with E-state index in [9.17, 15) is 14.4 Å². The summed E-state index contributed by atoms with van der Waals surface area (Å²) in [5.74, 6) is 0.782. The van der Waals surface area contributed by atoms with Crippen LogP contribution in [0.5, 0.6) is 0 Å². The van der Waals surface area contributed by atoms with E-state index in [-0.39, 0.29) is 31.1 Å². The van der Waals surface area contributed by atoms with Crippen molar-refractivity contribution < 1.29 is 28.6 Å². The molecule has 0 aliphatic carbocycles. The minimum Gasteiger partial charge on any atom is -0.462 e. The second-order valence-corrected chi connectivity index (χ2v) is 16.1. The van der Waals surface area contributed by atoms with E-state index in [2.05, 4.69) is 34.6 Å². The fourth-order valence-corrected chi connectivity index (χ4v) is 6.54. The van der Waals surface area contributed by atoms with Crippen molar-refractivity contribution in [3.8, 4) is 0 Å². The van der Waals surface area contributed by atoms with Gasteiger partial charge in [-0.3, -0.25) is 14.4 Å². The first kappa shape index (κ1) is 49.4. The highest BCUT2D eigenvalue weighted by Crippen LogP contribution is 2.17. The van der Waals surface area contributed by atoms with Crippen LogP contribution in [0, 0.1) is 11.8 Å². The molecule has 0 aromatic rings. The van der Waals surface area contributed by atoms with E-state index in [0.717, 1.165) is 69.6 Å². The van der Waals surface area contributed by atoms with Crippen LogP contribution in [-0.4, -0.2) is 37.2 Å². The third-order valence-electron chi connectivity index (χ3n) is 10.3. The lowest BCUT2D eigenvalue weighted by atomic mass is 9.99. The highest BCUT2D eigenvalue weighted by Gasteiger charge is 2.19. The van der Waals surface area contributed by atoms with Gasteiger partial charge < -0.3 is 14.2 Å². The molecule has 0 aromatic carbocycles. The van der Waals surface area contributed by atoms with E-state index >= 15 is 0 Å². The van der Waals surface area contributed by atoms with Crippen molar-refractivity contribution in [3.63, 3.8) is 0 Å². The molecular weight excluding hydrogens is 636 g/mol. The largest absolute Gasteiger partial charge is 0.462 e. The Labute approximate surface area is 317 Å². The van der Waals surface area contributed by atoms with Crippen molar-refractivity contribution >= 4 is 17.9 Å². The maximum Gasteiger partial charge on any atom is 0.306 e. The van der Waals surface area contributed by atoms with E-state index in [1.165, 1.54) is 128 Å². The van der Waals surface area contributed by atoms with Gasteiger partial charge in [0.15, 0.2) is 6.10 Å². The van der Waals surface area contributed by atoms with Gasteiger partial charge in [-0.2, -0.15) is 0 Å². The summed E-state index contributed by atoms with van der Waals surface area (Å²) in [5.41, 5.74) is 0. The number of unbranched alkanes of at least 4 members (excludes halogenated alkanes) is 23. The Bertz CT molecular complexity index is 781. The summed E-state index contributed by atoms with van der Waals surface area (Å²) in [5, 5.41) is 0. The molecule has 1 unspecified atom stereocenters. The van der Waals surface area contributed by atoms with Crippen LogP contribution in [0.15, 0.2) is 0 Å². The van der Waals surface area contributed by atoms with Crippen LogP contribution in [0.1, 0.15) is 240 Å². The fourth-order valence-electron chi connectivity index (χ4n) is 6.54. The first-order chi connectivity index (χ1) is 24.8. The van der Waals surface area contributed by atoms with Crippen molar-refractivity contribution in [2.24, 2.45) is 11.8 Å². The van der Waals surface area contributed by atoms with Crippen LogP contribution >= 0.6 is 0 Å². The zero-order valence-electron chi connectivity index (χ0n) is 34.7. The average Bonchev–Trinajstić information content (AvgIpc) is 3.11. The highest BCUT2D eigenvalue weighted by molar-refractivity contribution is 5.71. The lowest BCUT2D eigenvalue weighted by Gasteiger charge is -2.18. The molecule has 302 valence electrons. The maximum absolute atomic E-state index is 12.7. The summed E-state index contributed by atoms with van der Waals surface area (Å²) in [4.78, 5) is 37.6. The molecule has 0 amide bonds. The van der Waals surface area contributed by atoms with Gasteiger partial charge in [0.2, 0.25) is 0 Å². The summed E-state index contributed by atoms with van der Waals surface area (Å²) >= 11 is 0. The summed E-state index contributed by atoms with van der Waals surface area (Å²) in [7, 11) is 0. The van der Waals surface area contributed by atoms with Gasteiger partial charge in [-0.25, -0.2) is 0 Å². The predicted octanol–water partition coefficient (Wildman–Crippen LogP) is 13.8. The van der Waals surface area contributed by atoms with Crippen LogP contribution in [0.2, 0.25) is 0 Å². The van der Waals surface area contributed by atoms with Crippen LogP contribution in [-0.2, 0) is 28.6 Å². The van der Waals surface area contributed by atoms with Crippen LogP contribution in [0.3, 0.4) is 0 Å². The van der Waals surface area contributed by atoms with Gasteiger partial charge in [0.25, 0.3) is 0 Å². The standard InChI is InChI=1S/C45H86O6/c1-6-8-9-10-11-12-13-22-27-32-37-45(48)51-42(38-49-43(46)35-30-25-20-16-14-18-23-28-33-40(3)4)39-50-44(47)36-31-26-21-17-15-19-24-29-34-41(5)7-2/h40-42H,6-39H2,1-5H3/t41?,42-/m1/s1. The number of ether oxygens (including phenoxy) is 3. The molecule has 0 spiro atoms. The van der Waals surface area contributed by atoms with Gasteiger partial charge in [0.1, 0.15) is 13.2 Å². The molecule has 6 nitrogen and oxygen atoms in total. The van der Waals surface area contributed by atoms with Crippen molar-refractivity contribution in [2.45, 2.75) is 246 Å². The van der Waals surface area contributed by atoms with Gasteiger partial charge in [0.05, 0.1) is 0 Å². The third-order valence-corrected chi connectivity index (χ3v) is 10.3. The molecule has 0 fully saturated rings. The van der Waals surface area contributed by atoms with E-state index in [0.29, 0.717) is 19.3 Å². The molecule has 0 saturated carbocycles. The molecule has 0 radical (unpaired) electrons. The summed E-state index contributed by atoms with van der Waals surface area (Å²) in [6.07, 6.45) is 35.1. The second-order valence-electron chi connectivity index (χ2n) is 16.1. The first-order valence-corrected chi connectivity index (χ1v) is 22.3. The van der Waals surface area contributed by atoms with E-state index < -0.39 is 6.10 Å². The smallest absolute Gasteiger partial charge is 0.306 e. The van der Waals surface area contributed by atoms with E-state index in [1.54, 1.807) is 0 Å². The lowest BCUT2D eigenvalue weighted by molar-refractivity contribution is -0.167. The molecule has 0 aromatic heterocycles. The normalized spacial score (nSPS) is 12.6. The van der Waals surface area contributed by atoms with Crippen molar-refractivity contribution in [1.82, 2.24) is 0 Å². The first-order valence-electron chi connectivity index (χ1n) is 22.3. The van der Waals surface area contributed by atoms with Gasteiger partial charge in [-0.1, -0.05) is 202 Å². The van der Waals surface area contributed by atoms with Crippen LogP contribution in [0.25, 0.3) is 0 Å². The number of hydrogen-bond donors (Lipinski definition) is 0. The van der Waals surface area contributed by atoms with Crippen molar-refractivity contribution in [1.29, 1.82) is 0 Å². The Morgan fingerprint density at radius 1 is 0.412 bits per heavy atom. The number of esters is 3. The monoisotopic (exact) mass is 723 g/mol. The molecule has 0 aliphatic heterocycles. The molecule has 0 rings (SSSR count). The number of carbonyl (C=O) groups excluding carboxylic acids is 3. The Balaban J connectivity index is 4.35. The fraction of sp³-hybridized carbons (Fsp3) is 0.933. The minimum atomic E-state index is -0.760. The zero-order valence-corrected chi connectivity index (χ0v) is 34.7. The quantitative estimate of drug-likeness (QED) is 0.0357. The Kier molecular flexibility index (Phi) is 37.0.